The van der Waals surface area contributed by atoms with Gasteiger partial charge in [0.25, 0.3) is 5.60 Å². The zero-order chi connectivity index (χ0) is 26.9. The standard InChI is InChI=1S/C26H27F6N3O3/c27-25(28,29)24(36,26(30,31)32)17-1-3-18(4-2-17)35-14-21-19(22(15-35)37-21)13-34-9-6-23(7-10-34)11-16-5-8-33-12-20(16)38-23/h1-5,8,12,19,21-22,36H,6-7,9-11,13-15H2. The van der Waals surface area contributed by atoms with E-state index in [0.717, 1.165) is 44.6 Å². The Morgan fingerprint density at radius 3 is 2.16 bits per heavy atom. The van der Waals surface area contributed by atoms with Crippen molar-refractivity contribution in [2.24, 2.45) is 5.92 Å². The largest absolute Gasteiger partial charge is 0.485 e. The lowest BCUT2D eigenvalue weighted by atomic mass is 9.82. The van der Waals surface area contributed by atoms with Crippen LogP contribution in [0.2, 0.25) is 0 Å². The second-order valence-electron chi connectivity index (χ2n) is 10.8. The Hall–Kier alpha value is -2.57. The predicted octanol–water partition coefficient (Wildman–Crippen LogP) is 4.07. The number of aromatic nitrogens is 1. The number of halogens is 6. The molecule has 1 aromatic carbocycles. The van der Waals surface area contributed by atoms with Crippen LogP contribution < -0.4 is 9.64 Å². The lowest BCUT2D eigenvalue weighted by molar-refractivity contribution is -0.376. The van der Waals surface area contributed by atoms with Gasteiger partial charge >= 0.3 is 12.4 Å². The zero-order valence-corrected chi connectivity index (χ0v) is 20.3. The molecule has 6 heterocycles. The van der Waals surface area contributed by atoms with Crippen molar-refractivity contribution in [3.8, 4) is 5.75 Å². The molecule has 38 heavy (non-hydrogen) atoms. The number of pyridine rings is 1. The number of benzene rings is 1. The number of aliphatic hydroxyl groups is 1. The van der Waals surface area contributed by atoms with Crippen LogP contribution in [0, 0.1) is 5.92 Å². The molecule has 4 fully saturated rings. The molecule has 206 valence electrons. The minimum Gasteiger partial charge on any atom is -0.485 e. The fraction of sp³-hybridized carbons (Fsp3) is 0.577. The van der Waals surface area contributed by atoms with Gasteiger partial charge < -0.3 is 24.4 Å². The molecule has 6 nitrogen and oxygen atoms in total. The molecule has 7 rings (SSSR count). The maximum atomic E-state index is 13.2. The molecular formula is C26H27F6N3O3. The summed E-state index contributed by atoms with van der Waals surface area (Å²) in [6.45, 7) is 3.67. The van der Waals surface area contributed by atoms with Gasteiger partial charge in [0.05, 0.1) is 18.4 Å². The third-order valence-electron chi connectivity index (χ3n) is 8.52. The zero-order valence-electron chi connectivity index (χ0n) is 20.3. The average molecular weight is 544 g/mol. The molecule has 2 atom stereocenters. The lowest BCUT2D eigenvalue weighted by Gasteiger charge is -2.55. The first-order valence-electron chi connectivity index (χ1n) is 12.6. The molecule has 5 aliphatic rings. The maximum absolute atomic E-state index is 13.2. The van der Waals surface area contributed by atoms with Gasteiger partial charge in [-0.05, 0) is 18.2 Å². The van der Waals surface area contributed by atoms with E-state index in [-0.39, 0.29) is 17.8 Å². The maximum Gasteiger partial charge on any atom is 0.430 e. The lowest BCUT2D eigenvalue weighted by Crippen LogP contribution is -2.67. The van der Waals surface area contributed by atoms with Crippen molar-refractivity contribution in [3.05, 3.63) is 53.9 Å². The molecule has 2 aromatic rings. The van der Waals surface area contributed by atoms with Gasteiger partial charge in [-0.3, -0.25) is 4.98 Å². The van der Waals surface area contributed by atoms with Crippen molar-refractivity contribution in [3.63, 3.8) is 0 Å². The Morgan fingerprint density at radius 2 is 1.58 bits per heavy atom. The second kappa shape index (κ2) is 8.72. The van der Waals surface area contributed by atoms with Crippen molar-refractivity contribution in [2.75, 3.05) is 37.6 Å². The summed E-state index contributed by atoms with van der Waals surface area (Å²) in [5, 5.41) is 9.61. The van der Waals surface area contributed by atoms with Crippen LogP contribution in [0.1, 0.15) is 24.0 Å². The molecule has 0 amide bonds. The highest BCUT2D eigenvalue weighted by molar-refractivity contribution is 5.50. The topological polar surface area (TPSA) is 58.1 Å². The van der Waals surface area contributed by atoms with Gasteiger partial charge in [0.1, 0.15) is 11.4 Å². The fourth-order valence-corrected chi connectivity index (χ4v) is 6.27. The van der Waals surface area contributed by atoms with E-state index in [4.69, 9.17) is 9.47 Å². The highest BCUT2D eigenvalue weighted by Crippen LogP contribution is 2.50. The number of alkyl halides is 6. The summed E-state index contributed by atoms with van der Waals surface area (Å²) >= 11 is 0. The smallest absolute Gasteiger partial charge is 0.430 e. The van der Waals surface area contributed by atoms with Crippen LogP contribution in [0.3, 0.4) is 0 Å². The number of nitrogens with zero attached hydrogens (tertiary/aromatic N) is 3. The van der Waals surface area contributed by atoms with Crippen LogP contribution in [0.4, 0.5) is 32.0 Å². The van der Waals surface area contributed by atoms with Crippen molar-refractivity contribution in [1.29, 1.82) is 0 Å². The Balaban J connectivity index is 1.05. The van der Waals surface area contributed by atoms with Crippen LogP contribution in [0.15, 0.2) is 42.7 Å². The molecule has 1 spiro atoms. The minimum absolute atomic E-state index is 0.0651. The van der Waals surface area contributed by atoms with E-state index in [1.807, 2.05) is 11.0 Å². The van der Waals surface area contributed by atoms with E-state index in [0.29, 0.717) is 36.8 Å². The van der Waals surface area contributed by atoms with Gasteiger partial charge in [-0.25, -0.2) is 0 Å². The third-order valence-corrected chi connectivity index (χ3v) is 8.52. The van der Waals surface area contributed by atoms with Crippen LogP contribution in [-0.2, 0) is 16.8 Å². The number of hydrogen-bond acceptors (Lipinski definition) is 6. The van der Waals surface area contributed by atoms with Gasteiger partial charge in [0.2, 0.25) is 0 Å². The molecule has 2 unspecified atom stereocenters. The van der Waals surface area contributed by atoms with Gasteiger partial charge in [0, 0.05) is 80.9 Å². The van der Waals surface area contributed by atoms with Gasteiger partial charge in [0.15, 0.2) is 0 Å². The molecule has 0 aliphatic carbocycles. The number of anilines is 1. The molecule has 12 heteroatoms. The predicted molar refractivity (Wildman–Crippen MR) is 124 cm³/mol. The molecule has 0 radical (unpaired) electrons. The Labute approximate surface area is 215 Å². The molecular weight excluding hydrogens is 516 g/mol. The summed E-state index contributed by atoms with van der Waals surface area (Å²) in [7, 11) is 0. The highest BCUT2D eigenvalue weighted by Gasteiger charge is 2.71. The summed E-state index contributed by atoms with van der Waals surface area (Å²) in [6, 6.07) is 5.78. The van der Waals surface area contributed by atoms with Crippen molar-refractivity contribution < 1.29 is 40.9 Å². The summed E-state index contributed by atoms with van der Waals surface area (Å²) in [5.74, 6) is 1.18. The van der Waals surface area contributed by atoms with E-state index in [9.17, 15) is 31.4 Å². The number of piperidine rings is 2. The third kappa shape index (κ3) is 4.12. The van der Waals surface area contributed by atoms with Crippen LogP contribution in [-0.4, -0.2) is 77.9 Å². The van der Waals surface area contributed by atoms with Crippen LogP contribution >= 0.6 is 0 Å². The van der Waals surface area contributed by atoms with Gasteiger partial charge in [-0.1, -0.05) is 12.1 Å². The molecule has 1 N–H and O–H groups in total. The minimum atomic E-state index is -5.90. The number of morpholine rings is 1. The van der Waals surface area contributed by atoms with Gasteiger partial charge in [-0.2, -0.15) is 26.3 Å². The number of fused-ring (bicyclic) bond motifs is 3. The Morgan fingerprint density at radius 1 is 0.947 bits per heavy atom. The Bertz CT molecular complexity index is 1130. The van der Waals surface area contributed by atoms with E-state index in [2.05, 4.69) is 9.88 Å². The number of rotatable bonds is 4. The second-order valence-corrected chi connectivity index (χ2v) is 10.8. The highest BCUT2D eigenvalue weighted by atomic mass is 19.4. The molecule has 4 saturated heterocycles. The molecule has 1 aromatic heterocycles. The van der Waals surface area contributed by atoms with Crippen molar-refractivity contribution >= 4 is 5.69 Å². The van der Waals surface area contributed by atoms with Crippen molar-refractivity contribution in [1.82, 2.24) is 9.88 Å². The number of hydrogen-bond donors (Lipinski definition) is 1. The summed E-state index contributed by atoms with van der Waals surface area (Å²) < 4.78 is 91.2. The monoisotopic (exact) mass is 543 g/mol. The average Bonchev–Trinajstić information content (AvgIpc) is 3.24. The summed E-state index contributed by atoms with van der Waals surface area (Å²) in [5.41, 5.74) is -4.66. The van der Waals surface area contributed by atoms with Crippen molar-refractivity contribution in [2.45, 2.75) is 55.0 Å². The fourth-order valence-electron chi connectivity index (χ4n) is 6.27. The number of likely N-dealkylation sites (tertiary alicyclic amines) is 1. The van der Waals surface area contributed by atoms with Gasteiger partial charge in [-0.15, -0.1) is 0 Å². The Kier molecular flexibility index (Phi) is 5.90. The SMILES string of the molecule is OC(c1ccc(N2CC3OC(C2)C3CN2CCC3(CC2)Cc2ccncc2O3)cc1)(C(F)(F)F)C(F)(F)F. The summed E-state index contributed by atoms with van der Waals surface area (Å²) in [6.07, 6.45) is -5.64. The number of ether oxygens (including phenoxy) is 2. The first-order valence-corrected chi connectivity index (χ1v) is 12.6. The first-order chi connectivity index (χ1) is 17.9. The normalized spacial score (nSPS) is 27.1. The molecule has 5 aliphatic heterocycles. The molecule has 2 bridgehead atoms. The van der Waals surface area contributed by atoms with Crippen LogP contribution in [0.25, 0.3) is 0 Å². The molecule has 0 saturated carbocycles. The van der Waals surface area contributed by atoms with E-state index >= 15 is 0 Å². The van der Waals surface area contributed by atoms with E-state index in [1.54, 1.807) is 12.4 Å². The summed E-state index contributed by atoms with van der Waals surface area (Å²) in [4.78, 5) is 8.47. The van der Waals surface area contributed by atoms with E-state index < -0.39 is 23.5 Å². The van der Waals surface area contributed by atoms with E-state index in [1.165, 1.54) is 17.7 Å². The first kappa shape index (κ1) is 25.7. The quantitative estimate of drug-likeness (QED) is 0.588. The van der Waals surface area contributed by atoms with Crippen LogP contribution in [0.5, 0.6) is 5.75 Å².